The highest BCUT2D eigenvalue weighted by Gasteiger charge is 2.07. The van der Waals surface area contributed by atoms with Crippen LogP contribution in [0.2, 0.25) is 5.02 Å². The molecule has 3 heterocycles. The highest BCUT2D eigenvalue weighted by molar-refractivity contribution is 7.17. The number of hydrogen-bond acceptors (Lipinski definition) is 7. The highest BCUT2D eigenvalue weighted by atomic mass is 35.5. The number of nitrogens with zero attached hydrogens (tertiary/aromatic N) is 3. The Balaban J connectivity index is 1.19. The van der Waals surface area contributed by atoms with Gasteiger partial charge < -0.3 is 10.6 Å². The molecule has 6 nitrogen and oxygen atoms in total. The van der Waals surface area contributed by atoms with Crippen LogP contribution in [0.25, 0.3) is 10.2 Å². The van der Waals surface area contributed by atoms with Crippen molar-refractivity contribution in [1.82, 2.24) is 15.0 Å². The zero-order valence-electron chi connectivity index (χ0n) is 16.1. The van der Waals surface area contributed by atoms with Gasteiger partial charge in [0, 0.05) is 41.2 Å². The minimum Gasteiger partial charge on any atom is -0.368 e. The Morgan fingerprint density at radius 3 is 2.80 bits per heavy atom. The van der Waals surface area contributed by atoms with Crippen LogP contribution in [-0.2, 0) is 17.6 Å². The van der Waals surface area contributed by atoms with Gasteiger partial charge in [-0.05, 0) is 48.6 Å². The molecule has 0 atom stereocenters. The summed E-state index contributed by atoms with van der Waals surface area (Å²) in [6, 6.07) is 9.12. The smallest absolute Gasteiger partial charge is 0.224 e. The van der Waals surface area contributed by atoms with Crippen molar-refractivity contribution in [3.8, 4) is 0 Å². The van der Waals surface area contributed by atoms with Gasteiger partial charge in [0.2, 0.25) is 5.91 Å². The van der Waals surface area contributed by atoms with Gasteiger partial charge in [-0.25, -0.2) is 15.0 Å². The minimum atomic E-state index is 0.00282. The standard InChI is InChI=1S/C21H20ClN5OS2/c22-14-4-6-15(7-5-14)27-18(28)2-1-3-19-24-12-16(30-19)8-10-23-21-20-17(9-11-29-20)25-13-26-21/h4-7,9,11-13H,1-3,8,10H2,(H,27,28)(H,23,25,26). The Morgan fingerprint density at radius 2 is 1.93 bits per heavy atom. The van der Waals surface area contributed by atoms with Gasteiger partial charge in [-0.2, -0.15) is 0 Å². The molecule has 0 fully saturated rings. The number of hydrogen-bond donors (Lipinski definition) is 2. The topological polar surface area (TPSA) is 79.8 Å². The minimum absolute atomic E-state index is 0.00282. The Kier molecular flexibility index (Phi) is 6.88. The second-order valence-corrected chi connectivity index (χ2v) is 9.22. The van der Waals surface area contributed by atoms with Gasteiger partial charge in [-0.3, -0.25) is 4.79 Å². The van der Waals surface area contributed by atoms with Gasteiger partial charge in [-0.15, -0.1) is 22.7 Å². The van der Waals surface area contributed by atoms with Gasteiger partial charge in [0.25, 0.3) is 0 Å². The van der Waals surface area contributed by atoms with Crippen molar-refractivity contribution in [3.05, 3.63) is 63.1 Å². The molecule has 3 aromatic heterocycles. The first-order chi connectivity index (χ1) is 14.7. The van der Waals surface area contributed by atoms with Crippen LogP contribution in [0.4, 0.5) is 11.5 Å². The number of fused-ring (bicyclic) bond motifs is 1. The average Bonchev–Trinajstić information content (AvgIpc) is 3.40. The fourth-order valence-corrected chi connectivity index (χ4v) is 4.86. The number of carbonyl (C=O) groups is 1. The summed E-state index contributed by atoms with van der Waals surface area (Å²) in [4.78, 5) is 26.4. The number of halogens is 1. The maximum atomic E-state index is 12.1. The monoisotopic (exact) mass is 457 g/mol. The van der Waals surface area contributed by atoms with Gasteiger partial charge in [0.1, 0.15) is 12.1 Å². The van der Waals surface area contributed by atoms with E-state index in [1.54, 1.807) is 53.3 Å². The SMILES string of the molecule is O=C(CCCc1ncc(CCNc2ncnc3ccsc23)s1)Nc1ccc(Cl)cc1. The second-order valence-electron chi connectivity index (χ2n) is 6.66. The van der Waals surface area contributed by atoms with E-state index in [0.29, 0.717) is 11.4 Å². The van der Waals surface area contributed by atoms with E-state index >= 15 is 0 Å². The lowest BCUT2D eigenvalue weighted by atomic mass is 10.2. The third-order valence-corrected chi connectivity index (χ3v) is 6.71. The van der Waals surface area contributed by atoms with Crippen LogP contribution < -0.4 is 10.6 Å². The maximum absolute atomic E-state index is 12.1. The molecule has 1 amide bonds. The molecule has 1 aromatic carbocycles. The fourth-order valence-electron chi connectivity index (χ4n) is 2.95. The third-order valence-electron chi connectivity index (χ3n) is 4.43. The van der Waals surface area contributed by atoms with Crippen molar-refractivity contribution in [1.29, 1.82) is 0 Å². The van der Waals surface area contributed by atoms with Crippen molar-refractivity contribution in [2.75, 3.05) is 17.2 Å². The van der Waals surface area contributed by atoms with E-state index in [1.807, 2.05) is 17.6 Å². The van der Waals surface area contributed by atoms with Crippen LogP contribution in [0.15, 0.2) is 48.2 Å². The molecule has 0 aliphatic rings. The predicted molar refractivity (Wildman–Crippen MR) is 125 cm³/mol. The number of thiazole rings is 1. The first-order valence-electron chi connectivity index (χ1n) is 9.58. The third kappa shape index (κ3) is 5.53. The molecule has 0 bridgehead atoms. The van der Waals surface area contributed by atoms with E-state index in [0.717, 1.165) is 52.5 Å². The Labute approximate surface area is 187 Å². The van der Waals surface area contributed by atoms with Crippen LogP contribution in [-0.4, -0.2) is 27.4 Å². The normalized spacial score (nSPS) is 11.0. The first kappa shape index (κ1) is 20.7. The summed E-state index contributed by atoms with van der Waals surface area (Å²) in [5.41, 5.74) is 1.73. The lowest BCUT2D eigenvalue weighted by Gasteiger charge is -2.05. The summed E-state index contributed by atoms with van der Waals surface area (Å²) in [7, 11) is 0. The summed E-state index contributed by atoms with van der Waals surface area (Å²) in [5, 5.41) is 10.0. The predicted octanol–water partition coefficient (Wildman–Crippen LogP) is 5.42. The molecular formula is C21H20ClN5OS2. The van der Waals surface area contributed by atoms with Crippen molar-refractivity contribution < 1.29 is 4.79 Å². The van der Waals surface area contributed by atoms with E-state index in [4.69, 9.17) is 11.6 Å². The number of amides is 1. The molecule has 4 aromatic rings. The van der Waals surface area contributed by atoms with Crippen LogP contribution >= 0.6 is 34.3 Å². The van der Waals surface area contributed by atoms with Gasteiger partial charge in [-0.1, -0.05) is 11.6 Å². The molecule has 154 valence electrons. The van der Waals surface area contributed by atoms with Gasteiger partial charge >= 0.3 is 0 Å². The molecule has 0 saturated carbocycles. The molecule has 30 heavy (non-hydrogen) atoms. The molecule has 0 aliphatic heterocycles. The van der Waals surface area contributed by atoms with E-state index < -0.39 is 0 Å². The highest BCUT2D eigenvalue weighted by Crippen LogP contribution is 2.25. The number of rotatable bonds is 9. The van der Waals surface area contributed by atoms with Crippen molar-refractivity contribution in [2.24, 2.45) is 0 Å². The number of thiophene rings is 1. The number of nitrogens with one attached hydrogen (secondary N) is 2. The molecule has 0 unspecified atom stereocenters. The molecular weight excluding hydrogens is 438 g/mol. The molecule has 0 radical (unpaired) electrons. The van der Waals surface area contributed by atoms with Crippen LogP contribution in [0, 0.1) is 0 Å². The zero-order valence-corrected chi connectivity index (χ0v) is 18.5. The number of aromatic nitrogens is 3. The van der Waals surface area contributed by atoms with Crippen molar-refractivity contribution in [2.45, 2.75) is 25.7 Å². The Bertz CT molecular complexity index is 1130. The van der Waals surface area contributed by atoms with E-state index in [-0.39, 0.29) is 5.91 Å². The summed E-state index contributed by atoms with van der Waals surface area (Å²) >= 11 is 9.20. The summed E-state index contributed by atoms with van der Waals surface area (Å²) in [6.45, 7) is 0.787. The molecule has 2 N–H and O–H groups in total. The Morgan fingerprint density at radius 1 is 1.07 bits per heavy atom. The largest absolute Gasteiger partial charge is 0.368 e. The lowest BCUT2D eigenvalue weighted by Crippen LogP contribution is -2.11. The van der Waals surface area contributed by atoms with Gasteiger partial charge in [0.15, 0.2) is 0 Å². The van der Waals surface area contributed by atoms with Crippen LogP contribution in [0.3, 0.4) is 0 Å². The number of aryl methyl sites for hydroxylation is 1. The summed E-state index contributed by atoms with van der Waals surface area (Å²) in [6.07, 6.45) is 6.42. The number of benzene rings is 1. The lowest BCUT2D eigenvalue weighted by molar-refractivity contribution is -0.116. The summed E-state index contributed by atoms with van der Waals surface area (Å²) in [5.74, 6) is 0.884. The quantitative estimate of drug-likeness (QED) is 0.351. The fraction of sp³-hybridized carbons (Fsp3) is 0.238. The Hall–Kier alpha value is -2.55. The van der Waals surface area contributed by atoms with Gasteiger partial charge in [0.05, 0.1) is 15.2 Å². The first-order valence-corrected chi connectivity index (χ1v) is 11.7. The van der Waals surface area contributed by atoms with E-state index in [2.05, 4.69) is 25.6 Å². The van der Waals surface area contributed by atoms with Crippen molar-refractivity contribution in [3.63, 3.8) is 0 Å². The molecule has 4 rings (SSSR count). The zero-order chi connectivity index (χ0) is 20.8. The van der Waals surface area contributed by atoms with E-state index in [9.17, 15) is 4.79 Å². The number of carbonyl (C=O) groups excluding carboxylic acids is 1. The molecule has 0 saturated heterocycles. The number of anilines is 2. The van der Waals surface area contributed by atoms with E-state index in [1.165, 1.54) is 4.88 Å². The van der Waals surface area contributed by atoms with Crippen LogP contribution in [0.5, 0.6) is 0 Å². The molecule has 9 heteroatoms. The van der Waals surface area contributed by atoms with Crippen molar-refractivity contribution >= 4 is 61.9 Å². The molecule has 0 spiro atoms. The summed E-state index contributed by atoms with van der Waals surface area (Å²) < 4.78 is 1.08. The second kappa shape index (κ2) is 9.97. The maximum Gasteiger partial charge on any atom is 0.224 e. The average molecular weight is 458 g/mol. The molecule has 0 aliphatic carbocycles. The van der Waals surface area contributed by atoms with Crippen LogP contribution in [0.1, 0.15) is 22.7 Å².